The molecule has 1 N–H and O–H groups in total. The van der Waals surface area contributed by atoms with Crippen LogP contribution in [0.5, 0.6) is 0 Å². The predicted octanol–water partition coefficient (Wildman–Crippen LogP) is 3.38. The molecule has 0 bridgehead atoms. The van der Waals surface area contributed by atoms with E-state index in [0.29, 0.717) is 0 Å². The molecule has 0 aliphatic carbocycles. The first-order valence-corrected chi connectivity index (χ1v) is 6.42. The molecule has 96 valence electrons. The molecule has 0 saturated carbocycles. The smallest absolute Gasteiger partial charge is 0.125 e. The minimum atomic E-state index is 0.0889. The summed E-state index contributed by atoms with van der Waals surface area (Å²) in [5, 5.41) is 3.51. The summed E-state index contributed by atoms with van der Waals surface area (Å²) in [6.45, 7) is 7.14. The molecule has 1 unspecified atom stereocenters. The van der Waals surface area contributed by atoms with Crippen molar-refractivity contribution in [3.63, 3.8) is 0 Å². The monoisotopic (exact) mass is 244 g/mol. The second kappa shape index (κ2) is 5.83. The molecule has 2 aromatic heterocycles. The Morgan fingerprint density at radius 2 is 2.11 bits per heavy atom. The Bertz CT molecular complexity index is 505. The third-order valence-corrected chi connectivity index (χ3v) is 2.87. The van der Waals surface area contributed by atoms with Gasteiger partial charge in [-0.2, -0.15) is 0 Å². The first-order valence-electron chi connectivity index (χ1n) is 6.42. The first kappa shape index (κ1) is 12.8. The van der Waals surface area contributed by atoms with Gasteiger partial charge in [0.25, 0.3) is 0 Å². The maximum atomic E-state index is 5.75. The highest BCUT2D eigenvalue weighted by atomic mass is 16.3. The molecule has 0 radical (unpaired) electrons. The lowest BCUT2D eigenvalue weighted by molar-refractivity contribution is 0.430. The Hall–Kier alpha value is -1.61. The summed E-state index contributed by atoms with van der Waals surface area (Å²) >= 11 is 0. The summed E-state index contributed by atoms with van der Waals surface area (Å²) < 4.78 is 5.75. The third kappa shape index (κ3) is 2.99. The Morgan fingerprint density at radius 3 is 2.72 bits per heavy atom. The van der Waals surface area contributed by atoms with E-state index in [4.69, 9.17) is 4.42 Å². The van der Waals surface area contributed by atoms with E-state index in [1.165, 1.54) is 5.56 Å². The zero-order valence-corrected chi connectivity index (χ0v) is 11.2. The molecule has 0 saturated heterocycles. The van der Waals surface area contributed by atoms with Crippen LogP contribution in [-0.4, -0.2) is 11.5 Å². The Labute approximate surface area is 108 Å². The number of aromatic nitrogens is 1. The Kier molecular flexibility index (Phi) is 4.15. The molecule has 3 nitrogen and oxygen atoms in total. The number of nitrogens with one attached hydrogen (secondary N) is 1. The van der Waals surface area contributed by atoms with E-state index < -0.39 is 0 Å². The Morgan fingerprint density at radius 1 is 1.28 bits per heavy atom. The highest BCUT2D eigenvalue weighted by Gasteiger charge is 2.17. The molecule has 0 aliphatic heterocycles. The van der Waals surface area contributed by atoms with Crippen LogP contribution in [0.3, 0.4) is 0 Å². The number of hydrogen-bond donors (Lipinski definition) is 1. The van der Waals surface area contributed by atoms with Gasteiger partial charge in [0.1, 0.15) is 11.5 Å². The van der Waals surface area contributed by atoms with Crippen molar-refractivity contribution in [3.8, 4) is 0 Å². The van der Waals surface area contributed by atoms with Crippen LogP contribution in [0.1, 0.15) is 42.0 Å². The molecule has 0 fully saturated rings. The predicted molar refractivity (Wildman–Crippen MR) is 72.6 cm³/mol. The van der Waals surface area contributed by atoms with Crippen LogP contribution in [0.15, 0.2) is 35.0 Å². The minimum absolute atomic E-state index is 0.0889. The van der Waals surface area contributed by atoms with Gasteiger partial charge in [-0.3, -0.25) is 4.98 Å². The molecule has 2 rings (SSSR count). The highest BCUT2D eigenvalue weighted by Crippen LogP contribution is 2.23. The van der Waals surface area contributed by atoms with Crippen molar-refractivity contribution in [2.75, 3.05) is 6.54 Å². The average molecular weight is 244 g/mol. The second-order valence-corrected chi connectivity index (χ2v) is 4.63. The van der Waals surface area contributed by atoms with Crippen LogP contribution >= 0.6 is 0 Å². The van der Waals surface area contributed by atoms with Crippen LogP contribution in [0.4, 0.5) is 0 Å². The molecular weight excluding hydrogens is 224 g/mol. The van der Waals surface area contributed by atoms with Crippen molar-refractivity contribution in [3.05, 3.63) is 53.2 Å². The summed E-state index contributed by atoms with van der Waals surface area (Å²) in [4.78, 5) is 4.26. The number of nitrogens with zero attached hydrogens (tertiary/aromatic N) is 1. The number of aryl methyl sites for hydroxylation is 2. The quantitative estimate of drug-likeness (QED) is 0.876. The largest absolute Gasteiger partial charge is 0.464 e. The third-order valence-electron chi connectivity index (χ3n) is 2.87. The van der Waals surface area contributed by atoms with Crippen LogP contribution in [0.2, 0.25) is 0 Å². The molecule has 0 amide bonds. The fourth-order valence-electron chi connectivity index (χ4n) is 2.02. The number of furan rings is 1. The SMILES string of the molecule is CCCNC(c1cncc(C)c1)c1ccc(C)o1. The summed E-state index contributed by atoms with van der Waals surface area (Å²) in [6, 6.07) is 6.27. The lowest BCUT2D eigenvalue weighted by Gasteiger charge is -2.16. The topological polar surface area (TPSA) is 38.1 Å². The second-order valence-electron chi connectivity index (χ2n) is 4.63. The van der Waals surface area contributed by atoms with Gasteiger partial charge in [0, 0.05) is 12.4 Å². The molecule has 0 aromatic carbocycles. The highest BCUT2D eigenvalue weighted by molar-refractivity contribution is 5.27. The maximum absolute atomic E-state index is 5.75. The van der Waals surface area contributed by atoms with Gasteiger partial charge < -0.3 is 9.73 Å². The summed E-state index contributed by atoms with van der Waals surface area (Å²) in [7, 11) is 0. The van der Waals surface area contributed by atoms with Crippen molar-refractivity contribution >= 4 is 0 Å². The van der Waals surface area contributed by atoms with E-state index in [-0.39, 0.29) is 6.04 Å². The number of rotatable bonds is 5. The van der Waals surface area contributed by atoms with Gasteiger partial charge in [-0.25, -0.2) is 0 Å². The fraction of sp³-hybridized carbons (Fsp3) is 0.400. The van der Waals surface area contributed by atoms with E-state index >= 15 is 0 Å². The van der Waals surface area contributed by atoms with Crippen molar-refractivity contribution in [2.45, 2.75) is 33.2 Å². The van der Waals surface area contributed by atoms with Gasteiger partial charge in [0.2, 0.25) is 0 Å². The molecule has 0 aliphatic rings. The first-order chi connectivity index (χ1) is 8.70. The lowest BCUT2D eigenvalue weighted by atomic mass is 10.1. The molecular formula is C15H20N2O. The van der Waals surface area contributed by atoms with Gasteiger partial charge in [-0.15, -0.1) is 0 Å². The molecule has 18 heavy (non-hydrogen) atoms. The Balaban J connectivity index is 2.30. The van der Waals surface area contributed by atoms with E-state index in [0.717, 1.165) is 30.0 Å². The molecule has 0 spiro atoms. The van der Waals surface area contributed by atoms with E-state index in [2.05, 4.69) is 30.2 Å². The van der Waals surface area contributed by atoms with Crippen molar-refractivity contribution < 1.29 is 4.42 Å². The number of pyridine rings is 1. The van der Waals surface area contributed by atoms with E-state index in [1.54, 1.807) is 0 Å². The fourth-order valence-corrected chi connectivity index (χ4v) is 2.02. The van der Waals surface area contributed by atoms with Crippen LogP contribution in [-0.2, 0) is 0 Å². The molecule has 2 aromatic rings. The zero-order valence-electron chi connectivity index (χ0n) is 11.2. The van der Waals surface area contributed by atoms with Crippen LogP contribution < -0.4 is 5.32 Å². The van der Waals surface area contributed by atoms with Gasteiger partial charge >= 0.3 is 0 Å². The standard InChI is InChI=1S/C15H20N2O/c1-4-7-17-15(14-6-5-12(3)18-14)13-8-11(2)9-16-10-13/h5-6,8-10,15,17H,4,7H2,1-3H3. The summed E-state index contributed by atoms with van der Waals surface area (Å²) in [5.74, 6) is 1.89. The van der Waals surface area contributed by atoms with Crippen LogP contribution in [0, 0.1) is 13.8 Å². The summed E-state index contributed by atoms with van der Waals surface area (Å²) in [5.41, 5.74) is 2.32. The van der Waals surface area contributed by atoms with Crippen molar-refractivity contribution in [1.29, 1.82) is 0 Å². The molecule has 1 atom stereocenters. The lowest BCUT2D eigenvalue weighted by Crippen LogP contribution is -2.23. The van der Waals surface area contributed by atoms with Gasteiger partial charge in [0.05, 0.1) is 6.04 Å². The zero-order chi connectivity index (χ0) is 13.0. The molecule has 2 heterocycles. The van der Waals surface area contributed by atoms with Crippen LogP contribution in [0.25, 0.3) is 0 Å². The average Bonchev–Trinajstić information content (AvgIpc) is 2.76. The normalized spacial score (nSPS) is 12.6. The van der Waals surface area contributed by atoms with Crippen molar-refractivity contribution in [2.24, 2.45) is 0 Å². The minimum Gasteiger partial charge on any atom is -0.464 e. The van der Waals surface area contributed by atoms with Crippen molar-refractivity contribution in [1.82, 2.24) is 10.3 Å². The van der Waals surface area contributed by atoms with E-state index in [9.17, 15) is 0 Å². The molecule has 3 heteroatoms. The van der Waals surface area contributed by atoms with Gasteiger partial charge in [0.15, 0.2) is 0 Å². The van der Waals surface area contributed by atoms with Gasteiger partial charge in [-0.1, -0.05) is 13.0 Å². The van der Waals surface area contributed by atoms with E-state index in [1.807, 2.05) is 31.5 Å². The summed E-state index contributed by atoms with van der Waals surface area (Å²) in [6.07, 6.45) is 4.86. The number of hydrogen-bond acceptors (Lipinski definition) is 3. The van der Waals surface area contributed by atoms with Gasteiger partial charge in [-0.05, 0) is 50.1 Å². The maximum Gasteiger partial charge on any atom is 0.125 e.